The quantitative estimate of drug-likeness (QED) is 0.809. The molecule has 2 aliphatic rings. The molecule has 2 aliphatic heterocycles. The van der Waals surface area contributed by atoms with E-state index >= 15 is 0 Å². The lowest BCUT2D eigenvalue weighted by molar-refractivity contribution is -0.124. The molecule has 2 aromatic rings. The van der Waals surface area contributed by atoms with Crippen LogP contribution in [0.1, 0.15) is 12.0 Å². The molecule has 6 heteroatoms. The number of thioether (sulfide) groups is 1. The summed E-state index contributed by atoms with van der Waals surface area (Å²) in [6.07, 6.45) is 0.428. The molecule has 1 fully saturated rings. The number of amides is 2. The molecule has 0 aliphatic carbocycles. The third kappa shape index (κ3) is 2.12. The normalized spacial score (nSPS) is 23.1. The maximum atomic E-state index is 12.9. The van der Waals surface area contributed by atoms with E-state index in [1.807, 2.05) is 48.5 Å². The molecule has 0 bridgehead atoms. The Bertz CT molecular complexity index is 808. The molecule has 1 N–H and O–H groups in total. The fourth-order valence-corrected chi connectivity index (χ4v) is 4.82. The second-order valence-corrected chi connectivity index (χ2v) is 7.65. The number of carbonyl (C=O) groups excluding carboxylic acids is 2. The van der Waals surface area contributed by atoms with E-state index in [9.17, 15) is 9.59 Å². The number of anilines is 2. The van der Waals surface area contributed by atoms with Gasteiger partial charge in [0.05, 0.1) is 0 Å². The Morgan fingerprint density at radius 2 is 1.83 bits per heavy atom. The highest BCUT2D eigenvalue weighted by Gasteiger charge is 2.56. The molecule has 1 atom stereocenters. The van der Waals surface area contributed by atoms with Crippen molar-refractivity contribution in [1.82, 2.24) is 0 Å². The van der Waals surface area contributed by atoms with Crippen molar-refractivity contribution in [2.45, 2.75) is 11.3 Å². The van der Waals surface area contributed by atoms with Gasteiger partial charge in [-0.2, -0.15) is 0 Å². The number of benzene rings is 2. The fraction of sp³-hybridized carbons (Fsp3) is 0.176. The number of nitrogens with one attached hydrogen (secondary N) is 1. The van der Waals surface area contributed by atoms with Crippen LogP contribution in [0.4, 0.5) is 11.4 Å². The van der Waals surface area contributed by atoms with Crippen LogP contribution in [0.25, 0.3) is 0 Å². The average molecular weight is 389 g/mol. The Labute approximate surface area is 146 Å². The third-order valence-corrected chi connectivity index (χ3v) is 6.07. The zero-order valence-electron chi connectivity index (χ0n) is 12.1. The highest BCUT2D eigenvalue weighted by molar-refractivity contribution is 9.10. The first-order chi connectivity index (χ1) is 11.1. The fourth-order valence-electron chi connectivity index (χ4n) is 3.14. The minimum Gasteiger partial charge on any atom is -0.323 e. The number of hydrogen-bond acceptors (Lipinski definition) is 3. The van der Waals surface area contributed by atoms with Crippen molar-refractivity contribution < 1.29 is 9.59 Å². The lowest BCUT2D eigenvalue weighted by Crippen LogP contribution is -2.54. The van der Waals surface area contributed by atoms with E-state index in [0.717, 1.165) is 21.4 Å². The summed E-state index contributed by atoms with van der Waals surface area (Å²) in [4.78, 5) is 26.2. The molecule has 1 unspecified atom stereocenters. The van der Waals surface area contributed by atoms with E-state index in [-0.39, 0.29) is 11.8 Å². The molecule has 1 saturated heterocycles. The summed E-state index contributed by atoms with van der Waals surface area (Å²) < 4.78 is 0.934. The van der Waals surface area contributed by atoms with Gasteiger partial charge in [0.15, 0.2) is 0 Å². The molecule has 0 radical (unpaired) electrons. The zero-order valence-corrected chi connectivity index (χ0v) is 14.5. The zero-order chi connectivity index (χ0) is 16.0. The maximum absolute atomic E-state index is 12.9. The van der Waals surface area contributed by atoms with Crippen molar-refractivity contribution in [2.24, 2.45) is 0 Å². The molecule has 1 spiro atoms. The number of hydrogen-bond donors (Lipinski definition) is 1. The van der Waals surface area contributed by atoms with Gasteiger partial charge in [0.2, 0.25) is 10.8 Å². The Hall–Kier alpha value is -1.79. The number of fused-ring (bicyclic) bond motifs is 2. The van der Waals surface area contributed by atoms with Crippen molar-refractivity contribution in [3.63, 3.8) is 0 Å². The predicted octanol–water partition coefficient (Wildman–Crippen LogP) is 3.72. The summed E-state index contributed by atoms with van der Waals surface area (Å²) >= 11 is 4.93. The van der Waals surface area contributed by atoms with Crippen molar-refractivity contribution in [2.75, 3.05) is 16.0 Å². The largest absolute Gasteiger partial charge is 0.323 e. The van der Waals surface area contributed by atoms with Gasteiger partial charge >= 0.3 is 0 Å². The van der Waals surface area contributed by atoms with Gasteiger partial charge in [-0.25, -0.2) is 0 Å². The molecular formula is C17H13BrN2O2S. The smallest absolute Gasteiger partial charge is 0.266 e. The van der Waals surface area contributed by atoms with Gasteiger partial charge in [0.25, 0.3) is 5.91 Å². The van der Waals surface area contributed by atoms with Gasteiger partial charge in [-0.05, 0) is 30.3 Å². The first kappa shape index (κ1) is 14.8. The van der Waals surface area contributed by atoms with E-state index in [0.29, 0.717) is 12.2 Å². The molecule has 116 valence electrons. The Balaban J connectivity index is 1.93. The number of halogens is 1. The monoisotopic (exact) mass is 388 g/mol. The van der Waals surface area contributed by atoms with Crippen LogP contribution in [0.5, 0.6) is 0 Å². The Kier molecular flexibility index (Phi) is 3.46. The molecular weight excluding hydrogens is 376 g/mol. The second-order valence-electron chi connectivity index (χ2n) is 5.45. The topological polar surface area (TPSA) is 49.4 Å². The van der Waals surface area contributed by atoms with E-state index < -0.39 is 4.87 Å². The maximum Gasteiger partial charge on any atom is 0.266 e. The summed E-state index contributed by atoms with van der Waals surface area (Å²) in [6.45, 7) is 0. The molecule has 0 saturated carbocycles. The van der Waals surface area contributed by atoms with Gasteiger partial charge in [-0.3, -0.25) is 14.5 Å². The van der Waals surface area contributed by atoms with Gasteiger partial charge in [-0.1, -0.05) is 34.1 Å². The summed E-state index contributed by atoms with van der Waals surface area (Å²) in [6, 6.07) is 15.1. The summed E-state index contributed by atoms with van der Waals surface area (Å²) in [5, 5.41) is 2.93. The van der Waals surface area contributed by atoms with Crippen LogP contribution < -0.4 is 10.2 Å². The lowest BCUT2D eigenvalue weighted by atomic mass is 10.0. The van der Waals surface area contributed by atoms with Gasteiger partial charge in [0, 0.05) is 33.6 Å². The molecule has 2 amide bonds. The standard InChI is InChI=1S/C17H13BrN2O2S/c18-11-5-7-12(8-6-11)20-15(21)9-10-23-17(20)13-3-1-2-4-14(13)19-16(17)22/h1-8H,9-10H2,(H,19,22). The van der Waals surface area contributed by atoms with E-state index in [4.69, 9.17) is 0 Å². The number of para-hydroxylation sites is 1. The molecule has 2 heterocycles. The first-order valence-corrected chi connectivity index (χ1v) is 9.04. The van der Waals surface area contributed by atoms with E-state index in [1.165, 1.54) is 11.8 Å². The van der Waals surface area contributed by atoms with Crippen LogP contribution in [-0.2, 0) is 14.5 Å². The van der Waals surface area contributed by atoms with Gasteiger partial charge in [-0.15, -0.1) is 11.8 Å². The predicted molar refractivity (Wildman–Crippen MR) is 95.5 cm³/mol. The van der Waals surface area contributed by atoms with Crippen LogP contribution in [0.2, 0.25) is 0 Å². The summed E-state index contributed by atoms with van der Waals surface area (Å²) in [5.74, 6) is 0.450. The van der Waals surface area contributed by atoms with Crippen molar-refractivity contribution in [3.05, 3.63) is 58.6 Å². The number of carbonyl (C=O) groups is 2. The van der Waals surface area contributed by atoms with E-state index in [1.54, 1.807) is 4.90 Å². The minimum absolute atomic E-state index is 0.0297. The van der Waals surface area contributed by atoms with Crippen LogP contribution in [0, 0.1) is 0 Å². The third-order valence-electron chi connectivity index (χ3n) is 4.12. The first-order valence-electron chi connectivity index (χ1n) is 7.26. The second kappa shape index (κ2) is 5.39. The van der Waals surface area contributed by atoms with Crippen LogP contribution in [-0.4, -0.2) is 17.6 Å². The number of nitrogens with zero attached hydrogens (tertiary/aromatic N) is 1. The van der Waals surface area contributed by atoms with Crippen LogP contribution in [0.15, 0.2) is 53.0 Å². The van der Waals surface area contributed by atoms with Crippen LogP contribution >= 0.6 is 27.7 Å². The highest BCUT2D eigenvalue weighted by atomic mass is 79.9. The Morgan fingerprint density at radius 1 is 1.09 bits per heavy atom. The van der Waals surface area contributed by atoms with E-state index in [2.05, 4.69) is 21.2 Å². The van der Waals surface area contributed by atoms with Gasteiger partial charge in [0.1, 0.15) is 0 Å². The average Bonchev–Trinajstić information content (AvgIpc) is 2.82. The molecule has 4 rings (SSSR count). The minimum atomic E-state index is -1.01. The number of rotatable bonds is 1. The Morgan fingerprint density at radius 3 is 2.61 bits per heavy atom. The van der Waals surface area contributed by atoms with Crippen LogP contribution in [0.3, 0.4) is 0 Å². The highest BCUT2D eigenvalue weighted by Crippen LogP contribution is 2.52. The molecule has 2 aromatic carbocycles. The SMILES string of the molecule is O=C1CCSC2(C(=O)Nc3ccccc32)N1c1ccc(Br)cc1. The molecule has 0 aromatic heterocycles. The van der Waals surface area contributed by atoms with Crippen molar-refractivity contribution >= 4 is 50.9 Å². The lowest BCUT2D eigenvalue weighted by Gasteiger charge is -2.42. The van der Waals surface area contributed by atoms with Crippen molar-refractivity contribution in [3.8, 4) is 0 Å². The summed E-state index contributed by atoms with van der Waals surface area (Å²) in [7, 11) is 0. The molecule has 23 heavy (non-hydrogen) atoms. The summed E-state index contributed by atoms with van der Waals surface area (Å²) in [5.41, 5.74) is 2.37. The van der Waals surface area contributed by atoms with Gasteiger partial charge < -0.3 is 5.32 Å². The van der Waals surface area contributed by atoms with Crippen molar-refractivity contribution in [1.29, 1.82) is 0 Å². The molecule has 4 nitrogen and oxygen atoms in total.